The molecule has 0 saturated heterocycles. The Kier molecular flexibility index (Phi) is 4.91. The van der Waals surface area contributed by atoms with Crippen LogP contribution >= 0.6 is 24.0 Å². The quantitative estimate of drug-likeness (QED) is 0.419. The van der Waals surface area contributed by atoms with Gasteiger partial charge in [0.25, 0.3) is 5.91 Å². The molecule has 3 aromatic rings. The van der Waals surface area contributed by atoms with Gasteiger partial charge in [0, 0.05) is 23.2 Å². The van der Waals surface area contributed by atoms with Crippen molar-refractivity contribution in [3.8, 4) is 5.69 Å². The Morgan fingerprint density at radius 3 is 2.64 bits per heavy atom. The van der Waals surface area contributed by atoms with Gasteiger partial charge in [0.05, 0.1) is 11.0 Å². The maximum Gasteiger partial charge on any atom is 0.269 e. The summed E-state index contributed by atoms with van der Waals surface area (Å²) in [5.41, 5.74) is 11.3. The molecule has 128 valence electrons. The SMILES string of the molecule is CSc1ccc(-n2cnc3ccc(C(=O)NN(C)C(N)=S)cc32)cc1. The van der Waals surface area contributed by atoms with E-state index in [-0.39, 0.29) is 11.0 Å². The Morgan fingerprint density at radius 2 is 2.00 bits per heavy atom. The third-order valence-corrected chi connectivity index (χ3v) is 4.78. The summed E-state index contributed by atoms with van der Waals surface area (Å²) in [5, 5.41) is 1.40. The maximum atomic E-state index is 12.4. The van der Waals surface area contributed by atoms with E-state index in [2.05, 4.69) is 22.5 Å². The minimum absolute atomic E-state index is 0.0911. The summed E-state index contributed by atoms with van der Waals surface area (Å²) in [7, 11) is 1.59. The fraction of sp³-hybridized carbons (Fsp3) is 0.118. The number of fused-ring (bicyclic) bond motifs is 1. The van der Waals surface area contributed by atoms with Crippen molar-refractivity contribution in [2.75, 3.05) is 13.3 Å². The normalized spacial score (nSPS) is 10.6. The van der Waals surface area contributed by atoms with Gasteiger partial charge in [-0.25, -0.2) is 4.98 Å². The zero-order valence-corrected chi connectivity index (χ0v) is 15.4. The molecule has 0 aliphatic heterocycles. The molecule has 0 aliphatic carbocycles. The van der Waals surface area contributed by atoms with E-state index in [1.807, 2.05) is 29.0 Å². The fourth-order valence-electron chi connectivity index (χ4n) is 2.37. The van der Waals surface area contributed by atoms with Crippen LogP contribution in [0.2, 0.25) is 0 Å². The van der Waals surface area contributed by atoms with Crippen LogP contribution in [0.5, 0.6) is 0 Å². The second kappa shape index (κ2) is 7.12. The van der Waals surface area contributed by atoms with Crippen LogP contribution in [0.4, 0.5) is 0 Å². The number of nitrogens with zero attached hydrogens (tertiary/aromatic N) is 3. The number of hydrazine groups is 1. The number of carbonyl (C=O) groups excluding carboxylic acids is 1. The Morgan fingerprint density at radius 1 is 1.28 bits per heavy atom. The first-order valence-corrected chi connectivity index (χ1v) is 9.08. The summed E-state index contributed by atoms with van der Waals surface area (Å²) in [6.07, 6.45) is 3.79. The number of thiocarbonyl (C=S) groups is 1. The van der Waals surface area contributed by atoms with Gasteiger partial charge in [-0.1, -0.05) is 0 Å². The zero-order valence-electron chi connectivity index (χ0n) is 13.8. The van der Waals surface area contributed by atoms with Gasteiger partial charge in [-0.2, -0.15) is 0 Å². The van der Waals surface area contributed by atoms with Crippen molar-refractivity contribution in [2.24, 2.45) is 5.73 Å². The number of hydrogen-bond acceptors (Lipinski definition) is 4. The molecule has 8 heteroatoms. The van der Waals surface area contributed by atoms with Crippen molar-refractivity contribution >= 4 is 46.0 Å². The van der Waals surface area contributed by atoms with Crippen molar-refractivity contribution in [2.45, 2.75) is 4.90 Å². The third-order valence-electron chi connectivity index (χ3n) is 3.76. The van der Waals surface area contributed by atoms with Gasteiger partial charge in [0.2, 0.25) is 0 Å². The zero-order chi connectivity index (χ0) is 18.0. The first-order chi connectivity index (χ1) is 12.0. The molecule has 25 heavy (non-hydrogen) atoms. The first-order valence-electron chi connectivity index (χ1n) is 7.45. The molecule has 3 N–H and O–H groups in total. The standard InChI is InChI=1S/C17H17N5OS2/c1-21(17(18)24)20-16(23)11-3-8-14-15(9-11)22(10-19-14)12-4-6-13(25-2)7-5-12/h3-10H,1-2H3,(H2,18,24)(H,20,23). The highest BCUT2D eigenvalue weighted by Gasteiger charge is 2.12. The summed E-state index contributed by atoms with van der Waals surface area (Å²) >= 11 is 6.52. The van der Waals surface area contributed by atoms with Crippen molar-refractivity contribution in [1.29, 1.82) is 0 Å². The van der Waals surface area contributed by atoms with Crippen molar-refractivity contribution < 1.29 is 4.79 Å². The number of rotatable bonds is 3. The lowest BCUT2D eigenvalue weighted by atomic mass is 10.2. The maximum absolute atomic E-state index is 12.4. The molecule has 0 spiro atoms. The van der Waals surface area contributed by atoms with E-state index in [4.69, 9.17) is 18.0 Å². The van der Waals surface area contributed by atoms with Crippen LogP contribution < -0.4 is 11.2 Å². The van der Waals surface area contributed by atoms with E-state index in [1.165, 1.54) is 9.90 Å². The molecule has 0 bridgehead atoms. The van der Waals surface area contributed by atoms with E-state index in [9.17, 15) is 4.79 Å². The lowest BCUT2D eigenvalue weighted by Gasteiger charge is -2.17. The Balaban J connectivity index is 1.96. The van der Waals surface area contributed by atoms with E-state index in [0.29, 0.717) is 5.56 Å². The number of benzene rings is 2. The minimum Gasteiger partial charge on any atom is -0.375 e. The van der Waals surface area contributed by atoms with Gasteiger partial charge in [-0.05, 0) is 60.9 Å². The molecule has 0 atom stereocenters. The highest BCUT2D eigenvalue weighted by Crippen LogP contribution is 2.22. The summed E-state index contributed by atoms with van der Waals surface area (Å²) < 4.78 is 1.95. The number of thioether (sulfide) groups is 1. The van der Waals surface area contributed by atoms with Crippen LogP contribution in [0.3, 0.4) is 0 Å². The molecule has 0 fully saturated rings. The van der Waals surface area contributed by atoms with Gasteiger partial charge in [0.15, 0.2) is 5.11 Å². The molecule has 2 aromatic carbocycles. The van der Waals surface area contributed by atoms with Gasteiger partial charge in [-0.3, -0.25) is 19.8 Å². The predicted octanol–water partition coefficient (Wildman–Crippen LogP) is 2.57. The highest BCUT2D eigenvalue weighted by molar-refractivity contribution is 7.98. The smallest absolute Gasteiger partial charge is 0.269 e. The number of aromatic nitrogens is 2. The molecule has 1 aromatic heterocycles. The van der Waals surface area contributed by atoms with E-state index < -0.39 is 0 Å². The molecule has 0 aliphatic rings. The highest BCUT2D eigenvalue weighted by atomic mass is 32.2. The van der Waals surface area contributed by atoms with Crippen LogP contribution in [0.1, 0.15) is 10.4 Å². The topological polar surface area (TPSA) is 76.2 Å². The van der Waals surface area contributed by atoms with Crippen molar-refractivity contribution in [1.82, 2.24) is 20.0 Å². The molecule has 0 unspecified atom stereocenters. The molecule has 6 nitrogen and oxygen atoms in total. The van der Waals surface area contributed by atoms with Gasteiger partial charge >= 0.3 is 0 Å². The third kappa shape index (κ3) is 3.59. The lowest BCUT2D eigenvalue weighted by molar-refractivity contribution is 0.0888. The lowest BCUT2D eigenvalue weighted by Crippen LogP contribution is -2.45. The van der Waals surface area contributed by atoms with Gasteiger partial charge in [0.1, 0.15) is 6.33 Å². The van der Waals surface area contributed by atoms with E-state index >= 15 is 0 Å². The van der Waals surface area contributed by atoms with Crippen LogP contribution in [-0.4, -0.2) is 38.9 Å². The van der Waals surface area contributed by atoms with Crippen LogP contribution in [0.25, 0.3) is 16.7 Å². The predicted molar refractivity (Wildman–Crippen MR) is 105 cm³/mol. The second-order valence-corrected chi connectivity index (χ2v) is 6.65. The Labute approximate surface area is 155 Å². The molecule has 1 heterocycles. The number of hydrogen-bond donors (Lipinski definition) is 2. The van der Waals surface area contributed by atoms with Gasteiger partial charge in [-0.15, -0.1) is 11.8 Å². The summed E-state index contributed by atoms with van der Waals surface area (Å²) in [6, 6.07) is 13.5. The summed E-state index contributed by atoms with van der Waals surface area (Å²) in [6.45, 7) is 0. The fourth-order valence-corrected chi connectivity index (χ4v) is 2.82. The number of nitrogens with two attached hydrogens (primary N) is 1. The number of imidazole rings is 1. The second-order valence-electron chi connectivity index (χ2n) is 5.35. The summed E-state index contributed by atoms with van der Waals surface area (Å²) in [4.78, 5) is 17.9. The van der Waals surface area contributed by atoms with E-state index in [0.717, 1.165) is 16.7 Å². The van der Waals surface area contributed by atoms with Crippen molar-refractivity contribution in [3.63, 3.8) is 0 Å². The number of nitrogens with one attached hydrogen (secondary N) is 1. The largest absolute Gasteiger partial charge is 0.375 e. The minimum atomic E-state index is -0.289. The Hall–Kier alpha value is -2.58. The van der Waals surface area contributed by atoms with E-state index in [1.54, 1.807) is 37.3 Å². The van der Waals surface area contributed by atoms with Crippen molar-refractivity contribution in [3.05, 3.63) is 54.4 Å². The number of amides is 1. The van der Waals surface area contributed by atoms with Crippen LogP contribution in [0, 0.1) is 0 Å². The molecule has 0 saturated carbocycles. The monoisotopic (exact) mass is 371 g/mol. The average Bonchev–Trinajstić information content (AvgIpc) is 3.04. The molecular formula is C17H17N5OS2. The first kappa shape index (κ1) is 17.2. The molecule has 0 radical (unpaired) electrons. The van der Waals surface area contributed by atoms with Crippen LogP contribution in [-0.2, 0) is 0 Å². The molecular weight excluding hydrogens is 354 g/mol. The number of carbonyl (C=O) groups is 1. The molecule has 1 amide bonds. The molecule has 3 rings (SSSR count). The van der Waals surface area contributed by atoms with Crippen LogP contribution in [0.15, 0.2) is 53.7 Å². The Bertz CT molecular complexity index is 936. The average molecular weight is 371 g/mol. The summed E-state index contributed by atoms with van der Waals surface area (Å²) in [5.74, 6) is -0.289. The van der Waals surface area contributed by atoms with Gasteiger partial charge < -0.3 is 5.73 Å².